The number of amides is 4. The third-order valence-corrected chi connectivity index (χ3v) is 11.4. The standard InChI is InChI=1S/C39H51N7O7S/c1-8-22-18-39(22,35(49)50)45-33(47)29-15-24(19-46(29)34(48)32(38(4,5)6)44-36(51)41-23-12-10-11-13-23)53-31-17-27(28-20-54-37(43-28)40-9-2)42-26-14-21(3)30(52-7)16-25(26)31/h8,14,16-17,20,22-24,29,32H,1,9-13,15,18-19H2,2-7H3,(H,40,43)(H,45,47)(H,49,50)(H2,41,44,51)/t22-,24-,29+,32-,39-/m1/s1. The SMILES string of the molecule is C=C[C@@H]1C[C@]1(NC(=O)[C@@H]1C[C@@H](Oc2cc(-c3csc(NCC)n3)nc3cc(C)c(OC)cc23)CN1C(=O)[C@@H](NC(=O)NC1CCCC1)C(C)(C)C)C(=O)O. The van der Waals surface area contributed by atoms with E-state index in [1.54, 1.807) is 13.2 Å². The van der Waals surface area contributed by atoms with Crippen LogP contribution in [0.4, 0.5) is 9.93 Å². The molecular formula is C39H51N7O7S. The molecule has 290 valence electrons. The number of rotatable bonds is 13. The Balaban J connectivity index is 1.34. The number of methoxy groups -OCH3 is 1. The molecule has 3 aliphatic rings. The van der Waals surface area contributed by atoms with E-state index in [0.717, 1.165) is 42.9 Å². The highest BCUT2D eigenvalue weighted by atomic mass is 32.1. The average Bonchev–Trinajstić information content (AvgIpc) is 3.54. The Labute approximate surface area is 319 Å². The second-order valence-electron chi connectivity index (χ2n) is 15.6. The highest BCUT2D eigenvalue weighted by Crippen LogP contribution is 2.45. The van der Waals surface area contributed by atoms with Gasteiger partial charge in [-0.05, 0) is 56.2 Å². The van der Waals surface area contributed by atoms with E-state index in [9.17, 15) is 24.3 Å². The maximum Gasteiger partial charge on any atom is 0.330 e. The van der Waals surface area contributed by atoms with Gasteiger partial charge in [-0.3, -0.25) is 9.59 Å². The van der Waals surface area contributed by atoms with Crippen molar-refractivity contribution in [2.45, 2.75) is 103 Å². The maximum absolute atomic E-state index is 14.6. The van der Waals surface area contributed by atoms with E-state index in [-0.39, 0.29) is 25.4 Å². The van der Waals surface area contributed by atoms with E-state index in [2.05, 4.69) is 27.8 Å². The first kappa shape index (κ1) is 38.8. The van der Waals surface area contributed by atoms with Gasteiger partial charge in [0, 0.05) is 41.8 Å². The van der Waals surface area contributed by atoms with Gasteiger partial charge in [0.05, 0.1) is 24.9 Å². The number of nitrogens with one attached hydrogen (secondary N) is 4. The van der Waals surface area contributed by atoms with E-state index >= 15 is 0 Å². The molecule has 2 aromatic heterocycles. The summed E-state index contributed by atoms with van der Waals surface area (Å²) in [5.41, 5.74) is 0.535. The molecular weight excluding hydrogens is 711 g/mol. The van der Waals surface area contributed by atoms with Crippen molar-refractivity contribution in [2.24, 2.45) is 11.3 Å². The Hall–Kier alpha value is -4.92. The number of aryl methyl sites for hydroxylation is 1. The number of aliphatic carboxylic acids is 1. The summed E-state index contributed by atoms with van der Waals surface area (Å²) in [4.78, 5) is 65.4. The van der Waals surface area contributed by atoms with Crippen molar-refractivity contribution in [1.29, 1.82) is 0 Å². The van der Waals surface area contributed by atoms with Crippen molar-refractivity contribution in [3.63, 3.8) is 0 Å². The first-order chi connectivity index (χ1) is 25.7. The third-order valence-electron chi connectivity index (χ3n) is 10.6. The topological polar surface area (TPSA) is 184 Å². The highest BCUT2D eigenvalue weighted by Gasteiger charge is 2.61. The number of ether oxygens (including phenoxy) is 2. The summed E-state index contributed by atoms with van der Waals surface area (Å²) in [7, 11) is 1.59. The van der Waals surface area contributed by atoms with Gasteiger partial charge in [-0.2, -0.15) is 0 Å². The van der Waals surface area contributed by atoms with Crippen LogP contribution in [0.1, 0.15) is 71.8 Å². The van der Waals surface area contributed by atoms with Crippen LogP contribution < -0.4 is 30.7 Å². The number of thiazole rings is 1. The lowest BCUT2D eigenvalue weighted by molar-refractivity contribution is -0.146. The summed E-state index contributed by atoms with van der Waals surface area (Å²) >= 11 is 1.47. The number of hydrogen-bond acceptors (Lipinski definition) is 10. The second-order valence-corrected chi connectivity index (χ2v) is 16.5. The summed E-state index contributed by atoms with van der Waals surface area (Å²) in [6.45, 7) is 13.9. The zero-order chi connectivity index (χ0) is 38.9. The smallest absolute Gasteiger partial charge is 0.330 e. The van der Waals surface area contributed by atoms with Crippen LogP contribution in [0.2, 0.25) is 0 Å². The lowest BCUT2D eigenvalue weighted by Crippen LogP contribution is -2.60. The van der Waals surface area contributed by atoms with Crippen LogP contribution in [0.5, 0.6) is 11.5 Å². The largest absolute Gasteiger partial charge is 0.496 e. The molecule has 4 amide bonds. The van der Waals surface area contributed by atoms with E-state index < -0.39 is 58.9 Å². The zero-order valence-corrected chi connectivity index (χ0v) is 32.6. The Morgan fingerprint density at radius 3 is 2.50 bits per heavy atom. The van der Waals surface area contributed by atoms with Crippen LogP contribution in [0, 0.1) is 18.3 Å². The number of carbonyl (C=O) groups excluding carboxylic acids is 3. The van der Waals surface area contributed by atoms with Gasteiger partial charge in [0.1, 0.15) is 40.9 Å². The van der Waals surface area contributed by atoms with Gasteiger partial charge in [0.2, 0.25) is 11.8 Å². The number of fused-ring (bicyclic) bond motifs is 1. The number of benzene rings is 1. The Morgan fingerprint density at radius 2 is 1.87 bits per heavy atom. The Morgan fingerprint density at radius 1 is 1.13 bits per heavy atom. The number of carboxylic acids is 1. The predicted molar refractivity (Wildman–Crippen MR) is 207 cm³/mol. The van der Waals surface area contributed by atoms with Gasteiger partial charge >= 0.3 is 12.0 Å². The minimum absolute atomic E-state index is 0.00377. The molecule has 0 radical (unpaired) electrons. The van der Waals surface area contributed by atoms with Crippen molar-refractivity contribution in [3.05, 3.63) is 41.8 Å². The number of carboxylic acid groups (broad SMARTS) is 1. The Bertz CT molecular complexity index is 1940. The lowest BCUT2D eigenvalue weighted by Gasteiger charge is -2.35. The first-order valence-corrected chi connectivity index (χ1v) is 19.5. The van der Waals surface area contributed by atoms with Gasteiger partial charge in [-0.25, -0.2) is 19.6 Å². The predicted octanol–water partition coefficient (Wildman–Crippen LogP) is 5.26. The molecule has 5 atom stereocenters. The number of carbonyl (C=O) groups is 4. The van der Waals surface area contributed by atoms with Gasteiger partial charge < -0.3 is 40.7 Å². The molecule has 54 heavy (non-hydrogen) atoms. The summed E-state index contributed by atoms with van der Waals surface area (Å²) in [5.74, 6) is -1.59. The molecule has 3 aromatic rings. The molecule has 1 saturated heterocycles. The van der Waals surface area contributed by atoms with Crippen LogP contribution >= 0.6 is 11.3 Å². The maximum atomic E-state index is 14.6. The van der Waals surface area contributed by atoms with Gasteiger partial charge in [-0.15, -0.1) is 17.9 Å². The fourth-order valence-electron chi connectivity index (χ4n) is 7.52. The molecule has 2 aliphatic carbocycles. The monoisotopic (exact) mass is 761 g/mol. The van der Waals surface area contributed by atoms with Crippen molar-refractivity contribution in [3.8, 4) is 22.9 Å². The van der Waals surface area contributed by atoms with Crippen LogP contribution in [-0.2, 0) is 14.4 Å². The zero-order valence-electron chi connectivity index (χ0n) is 31.8. The number of likely N-dealkylation sites (tertiary alicyclic amines) is 1. The van der Waals surface area contributed by atoms with Gasteiger partial charge in [0.15, 0.2) is 5.13 Å². The normalized spacial score (nSPS) is 23.1. The lowest BCUT2D eigenvalue weighted by atomic mass is 9.85. The van der Waals surface area contributed by atoms with Crippen LogP contribution in [0.25, 0.3) is 22.3 Å². The molecule has 6 rings (SSSR count). The number of aromatic nitrogens is 2. The molecule has 5 N–H and O–H groups in total. The Kier molecular flexibility index (Phi) is 11.1. The summed E-state index contributed by atoms with van der Waals surface area (Å²) in [6, 6.07) is 3.07. The first-order valence-electron chi connectivity index (χ1n) is 18.6. The highest BCUT2D eigenvalue weighted by molar-refractivity contribution is 7.14. The average molecular weight is 762 g/mol. The fourth-order valence-corrected chi connectivity index (χ4v) is 8.29. The molecule has 3 heterocycles. The van der Waals surface area contributed by atoms with Crippen LogP contribution in [0.3, 0.4) is 0 Å². The van der Waals surface area contributed by atoms with E-state index in [4.69, 9.17) is 19.4 Å². The van der Waals surface area contributed by atoms with E-state index in [1.807, 2.05) is 52.1 Å². The summed E-state index contributed by atoms with van der Waals surface area (Å²) in [5, 5.41) is 25.3. The third kappa shape index (κ3) is 7.96. The molecule has 0 spiro atoms. The number of urea groups is 1. The molecule has 2 saturated carbocycles. The van der Waals surface area contributed by atoms with Gasteiger partial charge in [-0.1, -0.05) is 39.7 Å². The number of anilines is 1. The van der Waals surface area contributed by atoms with Gasteiger partial charge in [0.25, 0.3) is 0 Å². The number of nitrogens with zero attached hydrogens (tertiary/aromatic N) is 3. The number of pyridine rings is 1. The molecule has 0 unspecified atom stereocenters. The van der Waals surface area contributed by atoms with Crippen molar-refractivity contribution < 1.29 is 33.8 Å². The van der Waals surface area contributed by atoms with Crippen LogP contribution in [0.15, 0.2) is 36.2 Å². The van der Waals surface area contributed by atoms with Crippen molar-refractivity contribution in [2.75, 3.05) is 25.5 Å². The van der Waals surface area contributed by atoms with Crippen molar-refractivity contribution >= 4 is 51.2 Å². The fraction of sp³-hybridized carbons (Fsp3) is 0.538. The molecule has 14 nitrogen and oxygen atoms in total. The molecule has 15 heteroatoms. The van der Waals surface area contributed by atoms with Crippen molar-refractivity contribution in [1.82, 2.24) is 30.8 Å². The van der Waals surface area contributed by atoms with E-state index in [1.165, 1.54) is 22.3 Å². The second kappa shape index (κ2) is 15.4. The summed E-state index contributed by atoms with van der Waals surface area (Å²) < 4.78 is 12.4. The molecule has 1 aromatic carbocycles. The minimum atomic E-state index is -1.50. The minimum Gasteiger partial charge on any atom is -0.496 e. The van der Waals surface area contributed by atoms with E-state index in [0.29, 0.717) is 33.8 Å². The summed E-state index contributed by atoms with van der Waals surface area (Å²) in [6.07, 6.45) is 4.92. The quantitative estimate of drug-likeness (QED) is 0.144. The molecule has 3 fully saturated rings. The number of hydrogen-bond donors (Lipinski definition) is 5. The molecule has 1 aliphatic heterocycles. The molecule has 0 bridgehead atoms. The van der Waals surface area contributed by atoms with Crippen LogP contribution in [-0.4, -0.2) is 93.8 Å².